The van der Waals surface area contributed by atoms with Crippen molar-refractivity contribution in [2.45, 2.75) is 6.92 Å². The van der Waals surface area contributed by atoms with Crippen LogP contribution in [-0.4, -0.2) is 31.6 Å². The molecule has 1 N–H and O–H groups in total. The molecule has 0 spiro atoms. The molecule has 0 amide bonds. The quantitative estimate of drug-likeness (QED) is 0.180. The lowest BCUT2D eigenvalue weighted by atomic mass is 10.00. The van der Waals surface area contributed by atoms with Gasteiger partial charge in [0, 0.05) is 105 Å². The van der Waals surface area contributed by atoms with E-state index in [1.54, 1.807) is 6.20 Å². The van der Waals surface area contributed by atoms with Crippen molar-refractivity contribution in [3.8, 4) is 50.8 Å². The van der Waals surface area contributed by atoms with Crippen molar-refractivity contribution in [3.05, 3.63) is 206 Å². The van der Waals surface area contributed by atoms with E-state index < -0.39 is 0 Å². The van der Waals surface area contributed by atoms with Gasteiger partial charge in [0.05, 0.1) is 33.8 Å². The Morgan fingerprint density at radius 3 is 1.77 bits per heavy atom. The number of benzene rings is 6. The van der Waals surface area contributed by atoms with Crippen LogP contribution in [0.1, 0.15) is 5.56 Å². The molecule has 7 heterocycles. The van der Waals surface area contributed by atoms with Gasteiger partial charge in [0.25, 0.3) is 0 Å². The number of fused-ring (bicyclic) bond motifs is 9. The summed E-state index contributed by atoms with van der Waals surface area (Å²) in [4.78, 5) is 19.1. The van der Waals surface area contributed by atoms with Gasteiger partial charge in [0.2, 0.25) is 0 Å². The summed E-state index contributed by atoms with van der Waals surface area (Å²) < 4.78 is 7.44. The molecule has 6 aromatic carbocycles. The molecule has 66 heavy (non-hydrogen) atoms. The van der Waals surface area contributed by atoms with E-state index in [1.807, 2.05) is 67.2 Å². The van der Waals surface area contributed by atoms with E-state index in [0.29, 0.717) is 0 Å². The number of pyridine rings is 4. The Balaban J connectivity index is 0.000000457. The molecule has 0 aliphatic carbocycles. The zero-order chi connectivity index (χ0) is 44.1. The van der Waals surface area contributed by atoms with E-state index in [1.165, 1.54) is 67.8 Å². The van der Waals surface area contributed by atoms with E-state index in [9.17, 15) is 0 Å². The minimum absolute atomic E-state index is 0.840. The second-order valence-corrected chi connectivity index (χ2v) is 18.3. The normalized spacial score (nSPS) is 11.5. The molecular formula is C58H40N6S2. The van der Waals surface area contributed by atoms with Crippen molar-refractivity contribution in [2.24, 2.45) is 0 Å². The third-order valence-corrected chi connectivity index (χ3v) is 14.9. The third kappa shape index (κ3) is 6.77. The Morgan fingerprint density at radius 1 is 0.455 bits per heavy atom. The fourth-order valence-corrected chi connectivity index (χ4v) is 11.9. The maximum absolute atomic E-state index is 5.28. The van der Waals surface area contributed by atoms with Gasteiger partial charge in [-0.3, -0.25) is 9.55 Å². The van der Waals surface area contributed by atoms with E-state index >= 15 is 0 Å². The molecule has 0 fully saturated rings. The van der Waals surface area contributed by atoms with Crippen LogP contribution in [0.5, 0.6) is 0 Å². The number of nitrogens with one attached hydrogen (secondary N) is 1. The Bertz CT molecular complexity index is 3960. The first kappa shape index (κ1) is 39.5. The average Bonchev–Trinajstić information content (AvgIpc) is 4.07. The van der Waals surface area contributed by atoms with Crippen LogP contribution in [-0.2, 0) is 0 Å². The van der Waals surface area contributed by atoms with Crippen LogP contribution in [0.4, 0.5) is 5.69 Å². The van der Waals surface area contributed by atoms with E-state index in [-0.39, 0.29) is 0 Å². The molecule has 0 radical (unpaired) electrons. The first-order chi connectivity index (χ1) is 32.6. The fraction of sp³-hybridized carbons (Fsp3) is 0.0345. The minimum atomic E-state index is 0.840. The molecule has 0 aliphatic rings. The van der Waals surface area contributed by atoms with Crippen LogP contribution >= 0.6 is 22.7 Å². The lowest BCUT2D eigenvalue weighted by Gasteiger charge is -2.09. The number of hydrogen-bond donors (Lipinski definition) is 1. The van der Waals surface area contributed by atoms with Crippen LogP contribution < -0.4 is 5.32 Å². The summed E-state index contributed by atoms with van der Waals surface area (Å²) in [6.45, 7) is 2.03. The van der Waals surface area contributed by atoms with E-state index in [0.717, 1.165) is 56.4 Å². The number of nitrogens with zero attached hydrogens (tertiary/aromatic N) is 5. The molecule has 0 unspecified atom stereocenters. The summed E-state index contributed by atoms with van der Waals surface area (Å²) in [7, 11) is 1.91. The lowest BCUT2D eigenvalue weighted by Crippen LogP contribution is -1.96. The zero-order valence-electron chi connectivity index (χ0n) is 36.1. The highest BCUT2D eigenvalue weighted by Crippen LogP contribution is 2.47. The molecule has 13 rings (SSSR count). The molecule has 6 nitrogen and oxygen atoms in total. The van der Waals surface area contributed by atoms with Crippen LogP contribution in [0.3, 0.4) is 0 Å². The summed E-state index contributed by atoms with van der Waals surface area (Å²) in [5.74, 6) is 0.902. The molecule has 0 bridgehead atoms. The molecule has 8 heteroatoms. The Kier molecular flexibility index (Phi) is 9.89. The van der Waals surface area contributed by atoms with Gasteiger partial charge in [-0.15, -0.1) is 22.7 Å². The molecule has 0 saturated heterocycles. The summed E-state index contributed by atoms with van der Waals surface area (Å²) in [6.07, 6.45) is 5.46. The molecule has 314 valence electrons. The van der Waals surface area contributed by atoms with Gasteiger partial charge < -0.3 is 5.32 Å². The second-order valence-electron chi connectivity index (χ2n) is 16.3. The van der Waals surface area contributed by atoms with Crippen LogP contribution in [0.15, 0.2) is 201 Å². The number of rotatable bonds is 6. The van der Waals surface area contributed by atoms with Crippen molar-refractivity contribution < 1.29 is 0 Å². The molecule has 0 atom stereocenters. The minimum Gasteiger partial charge on any atom is -0.388 e. The van der Waals surface area contributed by atoms with Gasteiger partial charge in [-0.25, -0.2) is 15.0 Å². The summed E-state index contributed by atoms with van der Waals surface area (Å²) in [5, 5.41) is 10.6. The average molecular weight is 885 g/mol. The number of aryl methyl sites for hydroxylation is 1. The van der Waals surface area contributed by atoms with E-state index in [2.05, 4.69) is 184 Å². The molecule has 7 aromatic heterocycles. The predicted molar refractivity (Wildman–Crippen MR) is 280 cm³/mol. The van der Waals surface area contributed by atoms with Crippen molar-refractivity contribution in [1.82, 2.24) is 24.5 Å². The van der Waals surface area contributed by atoms with Gasteiger partial charge in [-0.2, -0.15) is 0 Å². The van der Waals surface area contributed by atoms with Crippen LogP contribution in [0, 0.1) is 6.92 Å². The Morgan fingerprint density at radius 2 is 1.05 bits per heavy atom. The third-order valence-electron chi connectivity index (χ3n) is 12.4. The maximum Gasteiger partial charge on any atom is 0.137 e. The fourth-order valence-electron chi connectivity index (χ4n) is 9.28. The first-order valence-corrected chi connectivity index (χ1v) is 23.6. The summed E-state index contributed by atoms with van der Waals surface area (Å²) >= 11 is 3.75. The van der Waals surface area contributed by atoms with Gasteiger partial charge in [-0.1, -0.05) is 115 Å². The Labute approximate surface area is 389 Å². The van der Waals surface area contributed by atoms with Crippen molar-refractivity contribution in [3.63, 3.8) is 0 Å². The zero-order valence-corrected chi connectivity index (χ0v) is 37.7. The first-order valence-electron chi connectivity index (χ1n) is 21.9. The van der Waals surface area contributed by atoms with Crippen molar-refractivity contribution >= 4 is 90.5 Å². The van der Waals surface area contributed by atoms with Crippen molar-refractivity contribution in [1.29, 1.82) is 0 Å². The highest BCUT2D eigenvalue weighted by atomic mass is 32.1. The predicted octanol–water partition coefficient (Wildman–Crippen LogP) is 15.8. The standard InChI is InChI=1S/C51H30N4S2.C7H10N2/c1-3-24-45-32(12-1)40-30-31(27-28-46(40)55(45)48-26-5-6-29-52-48)41-20-10-22-43(53-41)44-23-11-21-42(54-44)39-19-9-18-38-37-17-8-16-36(50(37)57-51(38)39)35-15-7-14-34-33-13-2-4-25-47(33)56-49(34)35;1-6-5-9-4-3-7(6)8-2/h1-30H;3-5H,1-2H3,(H,8,9). The summed E-state index contributed by atoms with van der Waals surface area (Å²) in [6, 6.07) is 64.5. The molecule has 13 aromatic rings. The maximum atomic E-state index is 5.28. The van der Waals surface area contributed by atoms with Gasteiger partial charge in [0.1, 0.15) is 5.82 Å². The highest BCUT2D eigenvalue weighted by molar-refractivity contribution is 7.27. The lowest BCUT2D eigenvalue weighted by molar-refractivity contribution is 1.08. The van der Waals surface area contributed by atoms with Gasteiger partial charge in [0.15, 0.2) is 0 Å². The van der Waals surface area contributed by atoms with Gasteiger partial charge >= 0.3 is 0 Å². The molecular weight excluding hydrogens is 845 g/mol. The Hall–Kier alpha value is -8.04. The van der Waals surface area contributed by atoms with Crippen LogP contribution in [0.25, 0.3) is 113 Å². The van der Waals surface area contributed by atoms with Crippen LogP contribution in [0.2, 0.25) is 0 Å². The topological polar surface area (TPSA) is 68.5 Å². The summed E-state index contributed by atoms with van der Waals surface area (Å²) in [5.41, 5.74) is 12.9. The SMILES string of the molecule is CNc1ccncc1C.c1ccc(-n2c3ccccc3c3cc(-c4cccc(-c5cccc(-c6cccc7c6sc6c(-c8cccc9c8sc8ccccc89)cccc67)n5)n4)ccc32)nc1. The number of para-hydroxylation sites is 1. The molecule has 0 saturated carbocycles. The number of hydrogen-bond acceptors (Lipinski definition) is 7. The monoisotopic (exact) mass is 884 g/mol. The number of thiophene rings is 2. The smallest absolute Gasteiger partial charge is 0.137 e. The van der Waals surface area contributed by atoms with E-state index in [4.69, 9.17) is 9.97 Å². The van der Waals surface area contributed by atoms with Crippen molar-refractivity contribution in [2.75, 3.05) is 12.4 Å². The van der Waals surface area contributed by atoms with Gasteiger partial charge in [-0.05, 0) is 79.2 Å². The number of anilines is 1. The molecule has 0 aliphatic heterocycles. The number of aromatic nitrogens is 5. The highest BCUT2D eigenvalue weighted by Gasteiger charge is 2.19. The largest absolute Gasteiger partial charge is 0.388 e. The second kappa shape index (κ2) is 16.5.